The van der Waals surface area contributed by atoms with Crippen LogP contribution < -0.4 is 0 Å². The van der Waals surface area contributed by atoms with E-state index in [2.05, 4.69) is 36.3 Å². The lowest BCUT2D eigenvalue weighted by Crippen LogP contribution is -1.96. The van der Waals surface area contributed by atoms with Gasteiger partial charge in [-0.15, -0.1) is 0 Å². The Hall–Kier alpha value is -1.72. The summed E-state index contributed by atoms with van der Waals surface area (Å²) in [7, 11) is 0. The van der Waals surface area contributed by atoms with Crippen LogP contribution in [-0.4, -0.2) is 19.7 Å². The van der Waals surface area contributed by atoms with Gasteiger partial charge in [-0.3, -0.25) is 0 Å². The first-order chi connectivity index (χ1) is 10.8. The Kier molecular flexibility index (Phi) is 3.47. The Bertz CT molecular complexity index is 799. The first kappa shape index (κ1) is 13.9. The second-order valence-electron chi connectivity index (χ2n) is 5.92. The summed E-state index contributed by atoms with van der Waals surface area (Å²) >= 11 is 1.65. The predicted octanol–water partition coefficient (Wildman–Crippen LogP) is 3.78. The van der Waals surface area contributed by atoms with Crippen molar-refractivity contribution in [1.82, 2.24) is 14.6 Å². The second kappa shape index (κ2) is 5.48. The molecule has 1 fully saturated rings. The highest BCUT2D eigenvalue weighted by molar-refractivity contribution is 7.16. The van der Waals surface area contributed by atoms with Crippen LogP contribution in [0.3, 0.4) is 0 Å². The number of nitrogens with zero attached hydrogens (tertiary/aromatic N) is 3. The SMILES string of the molecule is CCCc1ccc(-c2nc3sc(C4CC4)nn3c2CO)cc1. The number of benzene rings is 1. The summed E-state index contributed by atoms with van der Waals surface area (Å²) < 4.78 is 1.83. The molecule has 4 rings (SSSR count). The lowest BCUT2D eigenvalue weighted by molar-refractivity contribution is 0.275. The van der Waals surface area contributed by atoms with Crippen LogP contribution in [0.5, 0.6) is 0 Å². The molecule has 0 spiro atoms. The van der Waals surface area contributed by atoms with Gasteiger partial charge in [-0.2, -0.15) is 5.10 Å². The molecule has 1 aromatic carbocycles. The molecule has 1 N–H and O–H groups in total. The Morgan fingerprint density at radius 3 is 2.68 bits per heavy atom. The van der Waals surface area contributed by atoms with E-state index in [1.807, 2.05) is 4.52 Å². The van der Waals surface area contributed by atoms with E-state index in [9.17, 15) is 5.11 Å². The molecule has 0 radical (unpaired) electrons. The summed E-state index contributed by atoms with van der Waals surface area (Å²) in [5.41, 5.74) is 4.04. The minimum Gasteiger partial charge on any atom is -0.390 e. The summed E-state index contributed by atoms with van der Waals surface area (Å²) in [5.74, 6) is 0.620. The van der Waals surface area contributed by atoms with Gasteiger partial charge in [-0.05, 0) is 24.8 Å². The monoisotopic (exact) mass is 313 g/mol. The first-order valence-electron chi connectivity index (χ1n) is 7.88. The van der Waals surface area contributed by atoms with Crippen molar-refractivity contribution < 1.29 is 5.11 Å². The van der Waals surface area contributed by atoms with Crippen LogP contribution in [0.1, 0.15) is 48.4 Å². The summed E-state index contributed by atoms with van der Waals surface area (Å²) in [6.45, 7) is 2.14. The fraction of sp³-hybridized carbons (Fsp3) is 0.412. The predicted molar refractivity (Wildman–Crippen MR) is 88.2 cm³/mol. The summed E-state index contributed by atoms with van der Waals surface area (Å²) in [5, 5.41) is 15.6. The first-order valence-corrected chi connectivity index (χ1v) is 8.70. The highest BCUT2D eigenvalue weighted by Crippen LogP contribution is 2.42. The fourth-order valence-corrected chi connectivity index (χ4v) is 3.88. The van der Waals surface area contributed by atoms with E-state index in [1.165, 1.54) is 18.4 Å². The lowest BCUT2D eigenvalue weighted by Gasteiger charge is -2.03. The van der Waals surface area contributed by atoms with Crippen molar-refractivity contribution >= 4 is 16.3 Å². The van der Waals surface area contributed by atoms with Gasteiger partial charge in [-0.1, -0.05) is 48.9 Å². The fourth-order valence-electron chi connectivity index (χ4n) is 2.79. The molecule has 1 aliphatic carbocycles. The van der Waals surface area contributed by atoms with Crippen molar-refractivity contribution in [1.29, 1.82) is 0 Å². The summed E-state index contributed by atoms with van der Waals surface area (Å²) in [6, 6.07) is 8.49. The molecule has 0 aliphatic heterocycles. The molecule has 0 bridgehead atoms. The van der Waals surface area contributed by atoms with Crippen LogP contribution in [0.15, 0.2) is 24.3 Å². The zero-order chi connectivity index (χ0) is 15.1. The number of fused-ring (bicyclic) bond motifs is 1. The number of aliphatic hydroxyl groups excluding tert-OH is 1. The van der Waals surface area contributed by atoms with E-state index in [0.29, 0.717) is 5.92 Å². The number of rotatable bonds is 5. The van der Waals surface area contributed by atoms with Crippen LogP contribution >= 0.6 is 11.3 Å². The molecule has 1 aliphatic rings. The van der Waals surface area contributed by atoms with Crippen LogP contribution in [0.25, 0.3) is 16.2 Å². The van der Waals surface area contributed by atoms with Crippen LogP contribution in [0.4, 0.5) is 0 Å². The van der Waals surface area contributed by atoms with Gasteiger partial charge in [0.05, 0.1) is 18.0 Å². The van der Waals surface area contributed by atoms with Gasteiger partial charge < -0.3 is 5.11 Å². The van der Waals surface area contributed by atoms with E-state index in [0.717, 1.165) is 39.8 Å². The summed E-state index contributed by atoms with van der Waals surface area (Å²) in [4.78, 5) is 5.61. The van der Waals surface area contributed by atoms with Crippen molar-refractivity contribution in [2.45, 2.75) is 45.1 Å². The Morgan fingerprint density at radius 1 is 1.27 bits per heavy atom. The number of imidazole rings is 1. The van der Waals surface area contributed by atoms with Crippen molar-refractivity contribution in [3.8, 4) is 11.3 Å². The number of hydrogen-bond acceptors (Lipinski definition) is 4. The third-order valence-corrected chi connectivity index (χ3v) is 5.23. The highest BCUT2D eigenvalue weighted by Gasteiger charge is 2.29. The van der Waals surface area contributed by atoms with E-state index in [1.54, 1.807) is 11.3 Å². The molecule has 0 unspecified atom stereocenters. The molecule has 3 aromatic rings. The molecule has 5 heteroatoms. The van der Waals surface area contributed by atoms with Crippen molar-refractivity contribution in [2.75, 3.05) is 0 Å². The third-order valence-electron chi connectivity index (χ3n) is 4.15. The van der Waals surface area contributed by atoms with Gasteiger partial charge in [0.1, 0.15) is 5.01 Å². The molecule has 1 saturated carbocycles. The van der Waals surface area contributed by atoms with E-state index in [-0.39, 0.29) is 6.61 Å². The van der Waals surface area contributed by atoms with Crippen LogP contribution in [0.2, 0.25) is 0 Å². The molecular formula is C17H19N3OS. The van der Waals surface area contributed by atoms with Crippen LogP contribution in [0, 0.1) is 0 Å². The van der Waals surface area contributed by atoms with E-state index < -0.39 is 0 Å². The molecular weight excluding hydrogens is 294 g/mol. The van der Waals surface area contributed by atoms with Gasteiger partial charge in [0.15, 0.2) is 0 Å². The topological polar surface area (TPSA) is 50.4 Å². The maximum absolute atomic E-state index is 9.77. The van der Waals surface area contributed by atoms with Crippen molar-refractivity contribution in [3.05, 3.63) is 40.5 Å². The molecule has 0 atom stereocenters. The van der Waals surface area contributed by atoms with E-state index >= 15 is 0 Å². The number of hydrogen-bond donors (Lipinski definition) is 1. The summed E-state index contributed by atoms with van der Waals surface area (Å²) in [6.07, 6.45) is 4.71. The maximum Gasteiger partial charge on any atom is 0.213 e. The number of aromatic nitrogens is 3. The maximum atomic E-state index is 9.77. The molecule has 22 heavy (non-hydrogen) atoms. The van der Waals surface area contributed by atoms with Crippen LogP contribution in [-0.2, 0) is 13.0 Å². The van der Waals surface area contributed by atoms with E-state index in [4.69, 9.17) is 4.98 Å². The van der Waals surface area contributed by atoms with Gasteiger partial charge in [0.2, 0.25) is 4.96 Å². The zero-order valence-corrected chi connectivity index (χ0v) is 13.4. The largest absolute Gasteiger partial charge is 0.390 e. The molecule has 114 valence electrons. The number of aryl methyl sites for hydroxylation is 1. The molecule has 4 nitrogen and oxygen atoms in total. The molecule has 2 aromatic heterocycles. The standard InChI is InChI=1S/C17H19N3OS/c1-2-3-11-4-6-12(7-5-11)15-14(10-21)20-17(18-15)22-16(19-20)13-8-9-13/h4-7,13,21H,2-3,8-10H2,1H3. The highest BCUT2D eigenvalue weighted by atomic mass is 32.1. The van der Waals surface area contributed by atoms with Gasteiger partial charge in [0.25, 0.3) is 0 Å². The zero-order valence-electron chi connectivity index (χ0n) is 12.6. The average molecular weight is 313 g/mol. The smallest absolute Gasteiger partial charge is 0.213 e. The second-order valence-corrected chi connectivity index (χ2v) is 6.91. The molecule has 0 saturated heterocycles. The molecule has 2 heterocycles. The molecule has 0 amide bonds. The minimum absolute atomic E-state index is 0.0406. The normalized spacial score (nSPS) is 14.8. The quantitative estimate of drug-likeness (QED) is 0.780. The minimum atomic E-state index is -0.0406. The van der Waals surface area contributed by atoms with Gasteiger partial charge >= 0.3 is 0 Å². The Balaban J connectivity index is 1.75. The van der Waals surface area contributed by atoms with Gasteiger partial charge in [-0.25, -0.2) is 9.50 Å². The van der Waals surface area contributed by atoms with Crippen molar-refractivity contribution in [2.24, 2.45) is 0 Å². The van der Waals surface area contributed by atoms with Gasteiger partial charge in [0, 0.05) is 11.5 Å². The Morgan fingerprint density at radius 2 is 2.05 bits per heavy atom. The third kappa shape index (κ3) is 2.34. The van der Waals surface area contributed by atoms with Crippen molar-refractivity contribution in [3.63, 3.8) is 0 Å². The lowest BCUT2D eigenvalue weighted by atomic mass is 10.1. The average Bonchev–Trinajstić information content (AvgIpc) is 3.21. The Labute approximate surface area is 133 Å². The number of aliphatic hydroxyl groups is 1.